The number of nitrogens with zero attached hydrogens (tertiary/aromatic N) is 3. The summed E-state index contributed by atoms with van der Waals surface area (Å²) in [4.78, 5) is 0. The molecule has 82 valence electrons. The predicted octanol–water partition coefficient (Wildman–Crippen LogP) is 1.57. The van der Waals surface area contributed by atoms with Gasteiger partial charge in [-0.3, -0.25) is 0 Å². The van der Waals surface area contributed by atoms with E-state index in [0.29, 0.717) is 6.04 Å². The van der Waals surface area contributed by atoms with Gasteiger partial charge in [-0.05, 0) is 26.2 Å². The second kappa shape index (κ2) is 4.57. The van der Waals surface area contributed by atoms with Crippen molar-refractivity contribution in [3.8, 4) is 0 Å². The first-order valence-corrected chi connectivity index (χ1v) is 5.54. The zero-order chi connectivity index (χ0) is 10.7. The third-order valence-corrected chi connectivity index (χ3v) is 2.85. The van der Waals surface area contributed by atoms with Gasteiger partial charge in [0, 0.05) is 13.1 Å². The fourth-order valence-electron chi connectivity index (χ4n) is 2.03. The van der Waals surface area contributed by atoms with Crippen LogP contribution in [0.1, 0.15) is 38.1 Å². The van der Waals surface area contributed by atoms with Crippen LogP contribution in [0, 0.1) is 0 Å². The molecule has 0 aromatic carbocycles. The van der Waals surface area contributed by atoms with Gasteiger partial charge < -0.3 is 9.88 Å². The fourth-order valence-corrected chi connectivity index (χ4v) is 2.03. The molecule has 2 rings (SSSR count). The molecule has 0 radical (unpaired) electrons. The zero-order valence-corrected chi connectivity index (χ0v) is 9.35. The number of hydrogen-bond acceptors (Lipinski definition) is 3. The first kappa shape index (κ1) is 10.4. The van der Waals surface area contributed by atoms with Crippen LogP contribution in [0.25, 0.3) is 0 Å². The highest BCUT2D eigenvalue weighted by atomic mass is 15.3. The molecule has 2 atom stereocenters. The molecule has 4 heteroatoms. The Labute approximate surface area is 90.4 Å². The summed E-state index contributed by atoms with van der Waals surface area (Å²) in [6.45, 7) is 2.13. The van der Waals surface area contributed by atoms with E-state index in [0.717, 1.165) is 5.82 Å². The Kier molecular flexibility index (Phi) is 3.16. The molecule has 15 heavy (non-hydrogen) atoms. The van der Waals surface area contributed by atoms with Gasteiger partial charge in [0.05, 0.1) is 6.04 Å². The Hall–Kier alpha value is -1.16. The maximum absolute atomic E-state index is 4.11. The van der Waals surface area contributed by atoms with E-state index in [-0.39, 0.29) is 6.04 Å². The topological polar surface area (TPSA) is 42.7 Å². The van der Waals surface area contributed by atoms with Crippen LogP contribution in [-0.4, -0.2) is 20.8 Å². The highest BCUT2D eigenvalue weighted by Crippen LogP contribution is 2.15. The van der Waals surface area contributed by atoms with Crippen molar-refractivity contribution in [3.05, 3.63) is 24.3 Å². The van der Waals surface area contributed by atoms with Crippen molar-refractivity contribution in [2.75, 3.05) is 0 Å². The van der Waals surface area contributed by atoms with Gasteiger partial charge in [-0.15, -0.1) is 10.2 Å². The van der Waals surface area contributed by atoms with Gasteiger partial charge in [0.1, 0.15) is 12.2 Å². The molecule has 0 fully saturated rings. The summed E-state index contributed by atoms with van der Waals surface area (Å²) in [7, 11) is 1.98. The summed E-state index contributed by atoms with van der Waals surface area (Å²) in [5, 5.41) is 11.6. The molecule has 0 saturated carbocycles. The maximum atomic E-state index is 4.11. The summed E-state index contributed by atoms with van der Waals surface area (Å²) < 4.78 is 1.96. The summed E-state index contributed by atoms with van der Waals surface area (Å²) in [5.74, 6) is 0.994. The van der Waals surface area contributed by atoms with Gasteiger partial charge in [0.2, 0.25) is 0 Å². The van der Waals surface area contributed by atoms with E-state index in [4.69, 9.17) is 0 Å². The monoisotopic (exact) mass is 206 g/mol. The molecule has 1 aromatic rings. The first-order valence-electron chi connectivity index (χ1n) is 5.54. The number of aryl methyl sites for hydroxylation is 1. The normalized spacial score (nSPS) is 22.9. The quantitative estimate of drug-likeness (QED) is 0.763. The SMILES string of the molecule is CC(NC1C=CCCC1)c1nncn1C. The molecule has 0 spiro atoms. The van der Waals surface area contributed by atoms with Gasteiger partial charge in [0.15, 0.2) is 0 Å². The Balaban J connectivity index is 1.97. The van der Waals surface area contributed by atoms with Gasteiger partial charge in [-0.1, -0.05) is 12.2 Å². The van der Waals surface area contributed by atoms with E-state index in [1.807, 2.05) is 11.6 Å². The molecule has 1 heterocycles. The third kappa shape index (κ3) is 2.45. The van der Waals surface area contributed by atoms with Crippen LogP contribution in [0.3, 0.4) is 0 Å². The molecular weight excluding hydrogens is 188 g/mol. The van der Waals surface area contributed by atoms with Crippen molar-refractivity contribution in [3.63, 3.8) is 0 Å². The fraction of sp³-hybridized carbons (Fsp3) is 0.636. The lowest BCUT2D eigenvalue weighted by molar-refractivity contribution is 0.446. The van der Waals surface area contributed by atoms with Crippen LogP contribution in [0.5, 0.6) is 0 Å². The van der Waals surface area contributed by atoms with E-state index in [1.54, 1.807) is 6.33 Å². The molecular formula is C11H18N4. The van der Waals surface area contributed by atoms with Crippen LogP contribution in [0.15, 0.2) is 18.5 Å². The molecule has 0 saturated heterocycles. The van der Waals surface area contributed by atoms with Crippen LogP contribution in [0.2, 0.25) is 0 Å². The maximum Gasteiger partial charge on any atom is 0.149 e. The average molecular weight is 206 g/mol. The summed E-state index contributed by atoms with van der Waals surface area (Å²) in [5.41, 5.74) is 0. The van der Waals surface area contributed by atoms with Crippen LogP contribution >= 0.6 is 0 Å². The van der Waals surface area contributed by atoms with E-state index in [2.05, 4.69) is 34.6 Å². The molecule has 0 amide bonds. The number of hydrogen-bond donors (Lipinski definition) is 1. The Morgan fingerprint density at radius 1 is 1.60 bits per heavy atom. The smallest absolute Gasteiger partial charge is 0.149 e. The molecule has 2 unspecified atom stereocenters. The van der Waals surface area contributed by atoms with Gasteiger partial charge in [-0.25, -0.2) is 0 Å². The molecule has 1 N–H and O–H groups in total. The molecule has 1 aromatic heterocycles. The number of rotatable bonds is 3. The zero-order valence-electron chi connectivity index (χ0n) is 9.35. The minimum absolute atomic E-state index is 0.255. The standard InChI is InChI=1S/C11H18N4/c1-9(11-14-12-8-15(11)2)13-10-6-4-3-5-7-10/h4,6,8-10,13H,3,5,7H2,1-2H3. The van der Waals surface area contributed by atoms with Crippen molar-refractivity contribution < 1.29 is 0 Å². The lowest BCUT2D eigenvalue weighted by Gasteiger charge is -2.22. The second-order valence-corrected chi connectivity index (χ2v) is 4.15. The minimum atomic E-state index is 0.255. The van der Waals surface area contributed by atoms with Crippen molar-refractivity contribution in [1.29, 1.82) is 0 Å². The molecule has 1 aliphatic carbocycles. The van der Waals surface area contributed by atoms with Crippen LogP contribution < -0.4 is 5.32 Å². The largest absolute Gasteiger partial charge is 0.319 e. The van der Waals surface area contributed by atoms with E-state index in [9.17, 15) is 0 Å². The highest BCUT2D eigenvalue weighted by Gasteiger charge is 2.15. The molecule has 1 aliphatic rings. The van der Waals surface area contributed by atoms with Crippen molar-refractivity contribution >= 4 is 0 Å². The number of allylic oxidation sites excluding steroid dienone is 1. The Morgan fingerprint density at radius 2 is 2.47 bits per heavy atom. The van der Waals surface area contributed by atoms with E-state index in [1.165, 1.54) is 19.3 Å². The number of aromatic nitrogens is 3. The van der Waals surface area contributed by atoms with Crippen molar-refractivity contribution in [1.82, 2.24) is 20.1 Å². The van der Waals surface area contributed by atoms with Gasteiger partial charge in [0.25, 0.3) is 0 Å². The van der Waals surface area contributed by atoms with Crippen LogP contribution in [-0.2, 0) is 7.05 Å². The summed E-state index contributed by atoms with van der Waals surface area (Å²) >= 11 is 0. The van der Waals surface area contributed by atoms with E-state index >= 15 is 0 Å². The lowest BCUT2D eigenvalue weighted by atomic mass is 10.0. The van der Waals surface area contributed by atoms with E-state index < -0.39 is 0 Å². The first-order chi connectivity index (χ1) is 7.27. The highest BCUT2D eigenvalue weighted by molar-refractivity contribution is 5.01. The molecule has 0 bridgehead atoms. The Bertz CT molecular complexity index is 342. The van der Waals surface area contributed by atoms with Gasteiger partial charge >= 0.3 is 0 Å². The summed E-state index contributed by atoms with van der Waals surface area (Å²) in [6.07, 6.45) is 9.97. The minimum Gasteiger partial charge on any atom is -0.319 e. The summed E-state index contributed by atoms with van der Waals surface area (Å²) in [6, 6.07) is 0.746. The van der Waals surface area contributed by atoms with Crippen LogP contribution in [0.4, 0.5) is 0 Å². The van der Waals surface area contributed by atoms with Crippen molar-refractivity contribution in [2.24, 2.45) is 7.05 Å². The Morgan fingerprint density at radius 3 is 3.07 bits per heavy atom. The number of nitrogens with one attached hydrogen (secondary N) is 1. The second-order valence-electron chi connectivity index (χ2n) is 4.15. The average Bonchev–Trinajstić information content (AvgIpc) is 2.66. The predicted molar refractivity (Wildman–Crippen MR) is 59.3 cm³/mol. The lowest BCUT2D eigenvalue weighted by Crippen LogP contribution is -2.32. The van der Waals surface area contributed by atoms with Gasteiger partial charge in [-0.2, -0.15) is 0 Å². The third-order valence-electron chi connectivity index (χ3n) is 2.85. The molecule has 4 nitrogen and oxygen atoms in total. The van der Waals surface area contributed by atoms with Crippen molar-refractivity contribution in [2.45, 2.75) is 38.3 Å². The molecule has 0 aliphatic heterocycles.